The van der Waals surface area contributed by atoms with E-state index in [0.717, 1.165) is 43.3 Å². The standard InChI is InChI=1S/C14H11O3.C5H5.Fe/c1-17-14(16)12-9-5-4-8-11(12)13(15)10-6-2-3-7-10;1-2-4-5-3-1;/h2-9H,1H3;1-5H;. The molecule has 3 nitrogen and oxygen atoms in total. The molecule has 10 aliphatic heterocycles. The summed E-state index contributed by atoms with van der Waals surface area (Å²) >= 11 is 0. The third-order valence-electron chi connectivity index (χ3n) is 16.6. The van der Waals surface area contributed by atoms with Crippen molar-refractivity contribution in [2.75, 3.05) is 7.11 Å². The predicted octanol–water partition coefficient (Wildman–Crippen LogP) is 4.42. The average molecular weight is 348 g/mol. The number of Topliss-reactive ketones (excluding diaryl/α,β-unsaturated/α-hetero) is 1. The van der Waals surface area contributed by atoms with Crippen LogP contribution in [-0.2, 0) is 11.2 Å². The number of ketones is 1. The van der Waals surface area contributed by atoms with Crippen LogP contribution in [0.1, 0.15) is 20.7 Å². The number of carbonyl (C=O) groups excluding carboxylic acids is 2. The van der Waals surface area contributed by atoms with Gasteiger partial charge in [0.1, 0.15) is 0 Å². The third-order valence-corrected chi connectivity index (χ3v) is 58.9. The third kappa shape index (κ3) is 0.130. The number of hydrogen-bond acceptors (Lipinski definition) is 3. The summed E-state index contributed by atoms with van der Waals surface area (Å²) in [5.41, 5.74) is 1.21. The molecule has 118 valence electrons. The molecular weight excluding hydrogens is 332 g/mol. The van der Waals surface area contributed by atoms with Gasteiger partial charge in [-0.05, 0) is 0 Å². The molecule has 1 spiro atoms. The molecule has 4 unspecified atom stereocenters. The van der Waals surface area contributed by atoms with E-state index >= 15 is 0 Å². The van der Waals surface area contributed by atoms with Gasteiger partial charge in [-0.25, -0.2) is 0 Å². The van der Waals surface area contributed by atoms with Gasteiger partial charge in [-0.1, -0.05) is 0 Å². The molecule has 0 bridgehead atoms. The molecule has 11 rings (SSSR count). The number of carbonyl (C=O) groups is 2. The van der Waals surface area contributed by atoms with Crippen LogP contribution in [0.3, 0.4) is 0 Å². The van der Waals surface area contributed by atoms with Crippen molar-refractivity contribution < 1.29 is 20.8 Å². The van der Waals surface area contributed by atoms with Crippen molar-refractivity contribution in [3.8, 4) is 0 Å². The first kappa shape index (κ1) is 9.39. The Morgan fingerprint density at radius 3 is 1.83 bits per heavy atom. The van der Waals surface area contributed by atoms with E-state index in [1.807, 2.05) is 18.2 Å². The zero-order valence-electron chi connectivity index (χ0n) is 12.6. The average Bonchev–Trinajstić information content (AvgIpc) is 3.53. The molecule has 1 aromatic carbocycles. The first-order chi connectivity index (χ1) is 10.9. The van der Waals surface area contributed by atoms with Crippen molar-refractivity contribution in [2.24, 2.45) is 0 Å². The van der Waals surface area contributed by atoms with Gasteiger partial charge in [0.2, 0.25) is 0 Å². The molecule has 1 aromatic rings. The van der Waals surface area contributed by atoms with Gasteiger partial charge in [0, 0.05) is 0 Å². The summed E-state index contributed by atoms with van der Waals surface area (Å²) in [6, 6.07) is 7.45. The Hall–Kier alpha value is -1.12. The van der Waals surface area contributed by atoms with Crippen molar-refractivity contribution in [2.45, 2.75) is 47.7 Å². The number of methoxy groups -OCH3 is 1. The van der Waals surface area contributed by atoms with Crippen molar-refractivity contribution in [3.63, 3.8) is 0 Å². The second-order valence-corrected chi connectivity index (χ2v) is 35.6. The summed E-state index contributed by atoms with van der Waals surface area (Å²) in [5.74, 6) is 0.0747. The zero-order chi connectivity index (χ0) is 14.9. The molecule has 0 aliphatic carbocycles. The SMILES string of the molecule is COC(=O)c1ccccc1C(=O)[C]12[CH]3[CH]4[CH]5[CH]1[Fe]45321678[CH]2[CH]1[CH]6[CH]7[CH]28. The Morgan fingerprint density at radius 1 is 0.913 bits per heavy atom. The van der Waals surface area contributed by atoms with Crippen molar-refractivity contribution in [1.29, 1.82) is 0 Å². The van der Waals surface area contributed by atoms with Crippen LogP contribution in [0.5, 0.6) is 0 Å². The number of benzene rings is 1. The predicted molar refractivity (Wildman–Crippen MR) is 78.6 cm³/mol. The van der Waals surface area contributed by atoms with Crippen LogP contribution in [-0.4, -0.2) is 18.9 Å². The summed E-state index contributed by atoms with van der Waals surface area (Å²) in [5, 5.41) is 0. The van der Waals surface area contributed by atoms with E-state index in [0.29, 0.717) is 16.9 Å². The fourth-order valence-corrected chi connectivity index (χ4v) is 91.8. The van der Waals surface area contributed by atoms with Crippen molar-refractivity contribution in [1.82, 2.24) is 0 Å². The Balaban J connectivity index is 1.29. The minimum absolute atomic E-state index is 0.184. The molecule has 0 saturated carbocycles. The first-order valence-electron chi connectivity index (χ1n) is 8.86. The fraction of sp³-hybridized carbons (Fsp3) is 0.579. The molecule has 10 heterocycles. The van der Waals surface area contributed by atoms with Gasteiger partial charge in [-0.3, -0.25) is 0 Å². The molecule has 10 aliphatic rings. The maximum absolute atomic E-state index is 13.9. The fourth-order valence-electron chi connectivity index (χ4n) is 18.0. The van der Waals surface area contributed by atoms with Crippen LogP contribution >= 0.6 is 0 Å². The van der Waals surface area contributed by atoms with E-state index in [9.17, 15) is 9.59 Å². The van der Waals surface area contributed by atoms with Gasteiger partial charge in [0.15, 0.2) is 0 Å². The van der Waals surface area contributed by atoms with Crippen LogP contribution in [0, 0.1) is 0 Å². The summed E-state index contributed by atoms with van der Waals surface area (Å²) in [7, 11) is 1.41. The monoisotopic (exact) mass is 348 g/mol. The molecule has 0 N–H and O–H groups in total. The quantitative estimate of drug-likeness (QED) is 0.462. The Kier molecular flexibility index (Phi) is 0.382. The van der Waals surface area contributed by atoms with Crippen LogP contribution < -0.4 is 0 Å². The van der Waals surface area contributed by atoms with Crippen LogP contribution in [0.4, 0.5) is 0 Å². The van der Waals surface area contributed by atoms with Crippen LogP contribution in [0.15, 0.2) is 24.3 Å². The molecule has 0 radical (unpaired) electrons. The second-order valence-electron chi connectivity index (χ2n) is 12.0. The van der Waals surface area contributed by atoms with Gasteiger partial charge in [-0.2, -0.15) is 0 Å². The Bertz CT molecular complexity index is 1300. The molecular formula is C19H16FeO3. The van der Waals surface area contributed by atoms with Crippen molar-refractivity contribution in [3.05, 3.63) is 35.4 Å². The van der Waals surface area contributed by atoms with E-state index < -0.39 is 6.51 Å². The van der Waals surface area contributed by atoms with Crippen LogP contribution in [0.25, 0.3) is 0 Å². The summed E-state index contributed by atoms with van der Waals surface area (Å²) in [6.07, 6.45) is 0. The van der Waals surface area contributed by atoms with E-state index in [1.165, 1.54) is 7.11 Å². The van der Waals surface area contributed by atoms with Gasteiger partial charge in [0.05, 0.1) is 0 Å². The Labute approximate surface area is 123 Å². The minimum atomic E-state index is -3.44. The van der Waals surface area contributed by atoms with Crippen LogP contribution in [0.2, 0.25) is 47.7 Å². The maximum atomic E-state index is 13.9. The molecule has 10 fully saturated rings. The van der Waals surface area contributed by atoms with E-state index in [2.05, 4.69) is 0 Å². The Morgan fingerprint density at radius 2 is 1.43 bits per heavy atom. The van der Waals surface area contributed by atoms with E-state index in [4.69, 9.17) is 4.74 Å². The summed E-state index contributed by atoms with van der Waals surface area (Å²) in [6.45, 7) is -3.44. The number of esters is 1. The summed E-state index contributed by atoms with van der Waals surface area (Å²) in [4.78, 5) is 35.9. The molecule has 23 heavy (non-hydrogen) atoms. The van der Waals surface area contributed by atoms with Gasteiger partial charge in [0.25, 0.3) is 0 Å². The molecule has 4 heteroatoms. The molecule has 4 atom stereocenters. The van der Waals surface area contributed by atoms with Crippen molar-refractivity contribution >= 4 is 11.8 Å². The zero-order valence-corrected chi connectivity index (χ0v) is 13.7. The number of rotatable bonds is 3. The van der Waals surface area contributed by atoms with E-state index in [1.54, 1.807) is 6.07 Å². The topological polar surface area (TPSA) is 43.4 Å². The number of ether oxygens (including phenoxy) is 1. The summed E-state index contributed by atoms with van der Waals surface area (Å²) < 4.78 is 5.13. The second kappa shape index (κ2) is 0.936. The molecule has 0 amide bonds. The normalized spacial score (nSPS) is 90.6. The molecule has 10 saturated heterocycles. The van der Waals surface area contributed by atoms with Gasteiger partial charge in [-0.15, -0.1) is 0 Å². The molecule has 0 aromatic heterocycles. The van der Waals surface area contributed by atoms with E-state index in [-0.39, 0.29) is 10.3 Å². The number of fused-ring (bicyclic) bond motifs is 10. The van der Waals surface area contributed by atoms with Gasteiger partial charge >= 0.3 is 123 Å². The van der Waals surface area contributed by atoms with Gasteiger partial charge < -0.3 is 0 Å². The first-order valence-corrected chi connectivity index (χ1v) is 15.1. The number of hydrogen-bond donors (Lipinski definition) is 0.